The van der Waals surface area contributed by atoms with Gasteiger partial charge in [-0.25, -0.2) is 0 Å². The minimum absolute atomic E-state index is 0.229. The molecule has 0 aromatic rings. The summed E-state index contributed by atoms with van der Waals surface area (Å²) in [5.74, 6) is -0.380. The molecule has 1 atom stereocenters. The Bertz CT molecular complexity index is 213. The van der Waals surface area contributed by atoms with Crippen molar-refractivity contribution in [3.63, 3.8) is 0 Å². The molecule has 1 unspecified atom stereocenters. The largest absolute Gasteiger partial charge is 0.468 e. The van der Waals surface area contributed by atoms with E-state index in [1.165, 1.54) is 7.11 Å². The third-order valence-corrected chi connectivity index (χ3v) is 2.45. The van der Waals surface area contributed by atoms with E-state index in [2.05, 4.69) is 4.74 Å². The van der Waals surface area contributed by atoms with E-state index in [9.17, 15) is 4.79 Å². The van der Waals surface area contributed by atoms with E-state index in [4.69, 9.17) is 15.2 Å². The first-order chi connectivity index (χ1) is 7.06. The van der Waals surface area contributed by atoms with E-state index in [0.29, 0.717) is 26.2 Å². The van der Waals surface area contributed by atoms with E-state index < -0.39 is 5.54 Å². The highest BCUT2D eigenvalue weighted by Crippen LogP contribution is 2.12. The molecule has 1 fully saturated rings. The Balaban J connectivity index is 2.09. The molecular weight excluding hydrogens is 198 g/mol. The van der Waals surface area contributed by atoms with Crippen molar-refractivity contribution < 1.29 is 19.0 Å². The number of esters is 1. The van der Waals surface area contributed by atoms with Gasteiger partial charge in [-0.3, -0.25) is 4.79 Å². The molecule has 0 saturated carbocycles. The molecule has 1 aliphatic heterocycles. The number of carbonyl (C=O) groups excluding carboxylic acids is 1. The molecule has 1 aliphatic rings. The van der Waals surface area contributed by atoms with E-state index in [1.807, 2.05) is 0 Å². The maximum atomic E-state index is 11.2. The lowest BCUT2D eigenvalue weighted by atomic mass is 9.98. The van der Waals surface area contributed by atoms with Gasteiger partial charge in [-0.2, -0.15) is 0 Å². The van der Waals surface area contributed by atoms with Gasteiger partial charge in [0.25, 0.3) is 0 Å². The predicted octanol–water partition coefficient (Wildman–Crippen LogP) is 0.0724. The molecule has 0 aromatic heterocycles. The van der Waals surface area contributed by atoms with E-state index in [-0.39, 0.29) is 12.1 Å². The van der Waals surface area contributed by atoms with Crippen molar-refractivity contribution in [2.24, 2.45) is 5.73 Å². The number of methoxy groups -OCH3 is 1. The molecule has 2 N–H and O–H groups in total. The molecule has 0 bridgehead atoms. The Hall–Kier alpha value is -0.650. The van der Waals surface area contributed by atoms with Crippen LogP contribution in [-0.2, 0) is 19.0 Å². The molecule has 0 amide bonds. The van der Waals surface area contributed by atoms with E-state index in [0.717, 1.165) is 6.42 Å². The molecule has 0 aliphatic carbocycles. The van der Waals surface area contributed by atoms with Crippen molar-refractivity contribution >= 4 is 5.97 Å². The molecule has 0 aromatic carbocycles. The molecular formula is C10H19NO4. The monoisotopic (exact) mass is 217 g/mol. The maximum absolute atomic E-state index is 11.2. The summed E-state index contributed by atoms with van der Waals surface area (Å²) in [6.07, 6.45) is 1.54. The van der Waals surface area contributed by atoms with Crippen LogP contribution in [-0.4, -0.2) is 44.5 Å². The first-order valence-corrected chi connectivity index (χ1v) is 5.13. The topological polar surface area (TPSA) is 70.8 Å². The summed E-state index contributed by atoms with van der Waals surface area (Å²) in [5, 5.41) is 0. The Morgan fingerprint density at radius 3 is 2.73 bits per heavy atom. The van der Waals surface area contributed by atoms with Gasteiger partial charge in [0.15, 0.2) is 0 Å². The van der Waals surface area contributed by atoms with Crippen molar-refractivity contribution in [3.05, 3.63) is 0 Å². The molecule has 5 nitrogen and oxygen atoms in total. The molecule has 88 valence electrons. The average molecular weight is 217 g/mol. The summed E-state index contributed by atoms with van der Waals surface area (Å²) < 4.78 is 15.0. The van der Waals surface area contributed by atoms with Gasteiger partial charge in [-0.1, -0.05) is 0 Å². The number of hydrogen-bond donors (Lipinski definition) is 1. The van der Waals surface area contributed by atoms with Gasteiger partial charge in [0.1, 0.15) is 11.6 Å². The van der Waals surface area contributed by atoms with Gasteiger partial charge < -0.3 is 19.9 Å². The summed E-state index contributed by atoms with van der Waals surface area (Å²) in [6, 6.07) is 0. The molecule has 5 heteroatoms. The molecule has 1 rings (SSSR count). The van der Waals surface area contributed by atoms with Crippen LogP contribution < -0.4 is 5.73 Å². The molecule has 0 spiro atoms. The highest BCUT2D eigenvalue weighted by molar-refractivity contribution is 5.79. The summed E-state index contributed by atoms with van der Waals surface area (Å²) in [5.41, 5.74) is 4.87. The second kappa shape index (κ2) is 5.44. The van der Waals surface area contributed by atoms with Crippen molar-refractivity contribution in [2.75, 3.05) is 26.9 Å². The Morgan fingerprint density at radius 1 is 1.60 bits per heavy atom. The Morgan fingerprint density at radius 2 is 2.27 bits per heavy atom. The minimum Gasteiger partial charge on any atom is -0.468 e. The molecule has 0 radical (unpaired) electrons. The highest BCUT2D eigenvalue weighted by Gasteiger charge is 2.29. The lowest BCUT2D eigenvalue weighted by Gasteiger charge is -2.27. The van der Waals surface area contributed by atoms with Gasteiger partial charge in [0.05, 0.1) is 20.3 Å². The zero-order valence-electron chi connectivity index (χ0n) is 9.32. The van der Waals surface area contributed by atoms with Crippen LogP contribution in [0.2, 0.25) is 0 Å². The minimum atomic E-state index is -0.909. The summed E-state index contributed by atoms with van der Waals surface area (Å²) in [4.78, 5) is 11.2. The zero-order chi connectivity index (χ0) is 11.3. The molecule has 1 saturated heterocycles. The third-order valence-electron chi connectivity index (χ3n) is 2.45. The summed E-state index contributed by atoms with van der Waals surface area (Å²) in [7, 11) is 1.34. The van der Waals surface area contributed by atoms with E-state index >= 15 is 0 Å². The number of carbonyl (C=O) groups is 1. The highest BCUT2D eigenvalue weighted by atomic mass is 16.6. The van der Waals surface area contributed by atoms with Crippen LogP contribution >= 0.6 is 0 Å². The second-order valence-corrected chi connectivity index (χ2v) is 4.04. The Kier molecular flexibility index (Phi) is 4.50. The SMILES string of the molecule is COC(=O)C(C)(N)CCCOC1COC1. The van der Waals surface area contributed by atoms with Crippen LogP contribution in [0.3, 0.4) is 0 Å². The van der Waals surface area contributed by atoms with Crippen molar-refractivity contribution in [1.29, 1.82) is 0 Å². The van der Waals surface area contributed by atoms with Crippen LogP contribution in [0.5, 0.6) is 0 Å². The number of rotatable bonds is 6. The van der Waals surface area contributed by atoms with Gasteiger partial charge in [0, 0.05) is 6.61 Å². The first kappa shape index (κ1) is 12.4. The zero-order valence-corrected chi connectivity index (χ0v) is 9.32. The Labute approximate surface area is 89.9 Å². The van der Waals surface area contributed by atoms with Gasteiger partial charge in [0.2, 0.25) is 0 Å². The van der Waals surface area contributed by atoms with Gasteiger partial charge >= 0.3 is 5.97 Å². The van der Waals surface area contributed by atoms with Crippen molar-refractivity contribution in [3.8, 4) is 0 Å². The lowest BCUT2D eigenvalue weighted by Crippen LogP contribution is -2.46. The third kappa shape index (κ3) is 3.77. The second-order valence-electron chi connectivity index (χ2n) is 4.04. The van der Waals surface area contributed by atoms with Gasteiger partial charge in [-0.05, 0) is 19.8 Å². The lowest BCUT2D eigenvalue weighted by molar-refractivity contribution is -0.147. The fourth-order valence-corrected chi connectivity index (χ4v) is 1.33. The standard InChI is InChI=1S/C10H19NO4/c1-10(11,9(12)13-2)4-3-5-15-8-6-14-7-8/h8H,3-7,11H2,1-2H3. The van der Waals surface area contributed by atoms with Crippen LogP contribution in [0.1, 0.15) is 19.8 Å². The number of nitrogens with two attached hydrogens (primary N) is 1. The maximum Gasteiger partial charge on any atom is 0.325 e. The van der Waals surface area contributed by atoms with Crippen molar-refractivity contribution in [1.82, 2.24) is 0 Å². The van der Waals surface area contributed by atoms with E-state index in [1.54, 1.807) is 6.92 Å². The van der Waals surface area contributed by atoms with Crippen LogP contribution in [0, 0.1) is 0 Å². The van der Waals surface area contributed by atoms with Crippen LogP contribution in [0.25, 0.3) is 0 Å². The average Bonchev–Trinajstić information content (AvgIpc) is 2.13. The fourth-order valence-electron chi connectivity index (χ4n) is 1.33. The van der Waals surface area contributed by atoms with Crippen LogP contribution in [0.4, 0.5) is 0 Å². The molecule has 1 heterocycles. The smallest absolute Gasteiger partial charge is 0.325 e. The first-order valence-electron chi connectivity index (χ1n) is 5.13. The normalized spacial score (nSPS) is 20.5. The summed E-state index contributed by atoms with van der Waals surface area (Å²) >= 11 is 0. The van der Waals surface area contributed by atoms with Gasteiger partial charge in [-0.15, -0.1) is 0 Å². The fraction of sp³-hybridized carbons (Fsp3) is 0.900. The number of hydrogen-bond acceptors (Lipinski definition) is 5. The molecule has 15 heavy (non-hydrogen) atoms. The van der Waals surface area contributed by atoms with Crippen molar-refractivity contribution in [2.45, 2.75) is 31.4 Å². The predicted molar refractivity (Wildman–Crippen MR) is 54.4 cm³/mol. The summed E-state index contributed by atoms with van der Waals surface area (Å²) in [6.45, 7) is 3.64. The number of ether oxygens (including phenoxy) is 3. The quantitative estimate of drug-likeness (QED) is 0.503. The van der Waals surface area contributed by atoms with Crippen LogP contribution in [0.15, 0.2) is 0 Å².